The number of carbonyl (C=O) groups is 1. The summed E-state index contributed by atoms with van der Waals surface area (Å²) < 4.78 is 28.3. The number of hydrogen-bond acceptors (Lipinski definition) is 3. The molecule has 0 aliphatic rings. The number of nitrogens with one attached hydrogen (secondary N) is 1. The summed E-state index contributed by atoms with van der Waals surface area (Å²) in [5, 5.41) is 0.286. The summed E-state index contributed by atoms with van der Waals surface area (Å²) in [6.07, 6.45) is 0. The lowest BCUT2D eigenvalue weighted by atomic mass is 10.0. The lowest BCUT2D eigenvalue weighted by Crippen LogP contribution is -2.45. The Bertz CT molecular complexity index is 1180. The van der Waals surface area contributed by atoms with Gasteiger partial charge in [-0.25, -0.2) is 13.6 Å². The maximum absolute atomic E-state index is 14.2. The van der Waals surface area contributed by atoms with Crippen LogP contribution in [-0.2, 0) is 11.3 Å². The number of halogens is 2. The molecule has 0 aliphatic heterocycles. The monoisotopic (exact) mass is 401 g/mol. The van der Waals surface area contributed by atoms with Crippen molar-refractivity contribution in [1.29, 1.82) is 0 Å². The van der Waals surface area contributed by atoms with Crippen molar-refractivity contribution in [3.8, 4) is 0 Å². The number of nitrogens with zero attached hydrogens (tertiary/aromatic N) is 2. The molecule has 0 saturated carbocycles. The predicted molar refractivity (Wildman–Crippen MR) is 106 cm³/mol. The molecule has 3 rings (SSSR count). The quantitative estimate of drug-likeness (QED) is 0.714. The highest BCUT2D eigenvalue weighted by Gasteiger charge is 2.27. The third kappa shape index (κ3) is 3.96. The summed E-state index contributed by atoms with van der Waals surface area (Å²) in [4.78, 5) is 42.0. The van der Waals surface area contributed by atoms with Gasteiger partial charge in [0, 0.05) is 17.7 Å². The number of H-pyrrole nitrogens is 1. The summed E-state index contributed by atoms with van der Waals surface area (Å²) in [6.45, 7) is 4.60. The molecule has 0 fully saturated rings. The van der Waals surface area contributed by atoms with Crippen molar-refractivity contribution >= 4 is 16.8 Å². The first kappa shape index (κ1) is 20.4. The highest BCUT2D eigenvalue weighted by Crippen LogP contribution is 2.26. The lowest BCUT2D eigenvalue weighted by Gasteiger charge is -2.33. The molecule has 6 nitrogen and oxygen atoms in total. The molecule has 1 aromatic heterocycles. The molecule has 3 aromatic rings. The van der Waals surface area contributed by atoms with Crippen LogP contribution in [0.15, 0.2) is 52.1 Å². The van der Waals surface area contributed by atoms with E-state index < -0.39 is 41.4 Å². The minimum atomic E-state index is -0.767. The maximum Gasteiger partial charge on any atom is 0.329 e. The Morgan fingerprint density at radius 1 is 1.10 bits per heavy atom. The zero-order chi connectivity index (χ0) is 21.3. The normalized spacial score (nSPS) is 12.3. The molecule has 1 N–H and O–H groups in total. The molecule has 1 amide bonds. The van der Waals surface area contributed by atoms with Crippen molar-refractivity contribution in [2.24, 2.45) is 0 Å². The minimum Gasteiger partial charge on any atom is -0.332 e. The summed E-state index contributed by atoms with van der Waals surface area (Å²) in [5.41, 5.74) is -0.754. The zero-order valence-electron chi connectivity index (χ0n) is 16.3. The molecule has 29 heavy (non-hydrogen) atoms. The van der Waals surface area contributed by atoms with E-state index in [0.717, 1.165) is 16.7 Å². The molecule has 152 valence electrons. The molecule has 0 aliphatic carbocycles. The molecule has 2 aromatic carbocycles. The van der Waals surface area contributed by atoms with E-state index in [1.807, 2.05) is 0 Å². The van der Waals surface area contributed by atoms with Gasteiger partial charge in [0.1, 0.15) is 18.2 Å². The van der Waals surface area contributed by atoms with Gasteiger partial charge in [0.2, 0.25) is 5.91 Å². The van der Waals surface area contributed by atoms with E-state index in [1.54, 1.807) is 45.0 Å². The first-order valence-corrected chi connectivity index (χ1v) is 9.18. The number of para-hydroxylation sites is 1. The maximum atomic E-state index is 14.2. The fourth-order valence-electron chi connectivity index (χ4n) is 3.50. The summed E-state index contributed by atoms with van der Waals surface area (Å²) in [5.74, 6) is -2.01. The van der Waals surface area contributed by atoms with Crippen molar-refractivity contribution in [3.63, 3.8) is 0 Å². The van der Waals surface area contributed by atoms with E-state index in [4.69, 9.17) is 0 Å². The Balaban J connectivity index is 1.98. The SMILES string of the molecule is CC(C)N(C(=O)Cn1c(=O)[nH]c2ccccc2c1=O)C(C)c1ccc(F)cc1F. The second-order valence-electron chi connectivity index (χ2n) is 7.10. The Kier molecular flexibility index (Phi) is 5.63. The van der Waals surface area contributed by atoms with E-state index in [0.29, 0.717) is 5.52 Å². The fourth-order valence-corrected chi connectivity index (χ4v) is 3.50. The molecule has 8 heteroatoms. The van der Waals surface area contributed by atoms with Crippen LogP contribution < -0.4 is 11.2 Å². The van der Waals surface area contributed by atoms with Crippen LogP contribution in [0.1, 0.15) is 32.4 Å². The number of fused-ring (bicyclic) bond motifs is 1. The van der Waals surface area contributed by atoms with Crippen LogP contribution in [0.4, 0.5) is 8.78 Å². The van der Waals surface area contributed by atoms with Gasteiger partial charge in [0.15, 0.2) is 0 Å². The van der Waals surface area contributed by atoms with Crippen molar-refractivity contribution in [1.82, 2.24) is 14.5 Å². The molecule has 0 bridgehead atoms. The van der Waals surface area contributed by atoms with Crippen molar-refractivity contribution < 1.29 is 13.6 Å². The van der Waals surface area contributed by atoms with Crippen LogP contribution in [0.5, 0.6) is 0 Å². The third-order valence-electron chi connectivity index (χ3n) is 4.86. The van der Waals surface area contributed by atoms with Crippen LogP contribution >= 0.6 is 0 Å². The second-order valence-corrected chi connectivity index (χ2v) is 7.10. The van der Waals surface area contributed by atoms with Gasteiger partial charge in [0.25, 0.3) is 5.56 Å². The predicted octanol–water partition coefficient (Wildman–Crippen LogP) is 2.97. The van der Waals surface area contributed by atoms with E-state index >= 15 is 0 Å². The van der Waals surface area contributed by atoms with Crippen molar-refractivity contribution in [2.45, 2.75) is 39.4 Å². The highest BCUT2D eigenvalue weighted by molar-refractivity contribution is 5.79. The van der Waals surface area contributed by atoms with E-state index in [1.165, 1.54) is 11.0 Å². The average Bonchev–Trinajstić information content (AvgIpc) is 2.64. The number of hydrogen-bond donors (Lipinski definition) is 1. The van der Waals surface area contributed by atoms with Crippen LogP contribution in [0.3, 0.4) is 0 Å². The molecule has 0 radical (unpaired) electrons. The van der Waals surface area contributed by atoms with Crippen molar-refractivity contribution in [3.05, 3.63) is 80.5 Å². The van der Waals surface area contributed by atoms with E-state index in [-0.39, 0.29) is 17.0 Å². The topological polar surface area (TPSA) is 75.2 Å². The molecule has 1 heterocycles. The molecular weight excluding hydrogens is 380 g/mol. The number of carbonyl (C=O) groups excluding carboxylic acids is 1. The number of benzene rings is 2. The minimum absolute atomic E-state index is 0.146. The van der Waals surface area contributed by atoms with Gasteiger partial charge in [-0.1, -0.05) is 18.2 Å². The number of rotatable bonds is 5. The van der Waals surface area contributed by atoms with Gasteiger partial charge in [-0.05, 0) is 39.0 Å². The Labute approximate surface area is 165 Å². The molecule has 0 spiro atoms. The number of aromatic nitrogens is 2. The smallest absolute Gasteiger partial charge is 0.329 e. The first-order valence-electron chi connectivity index (χ1n) is 9.18. The van der Waals surface area contributed by atoms with Crippen molar-refractivity contribution in [2.75, 3.05) is 0 Å². The van der Waals surface area contributed by atoms with Gasteiger partial charge in [-0.15, -0.1) is 0 Å². The fraction of sp³-hybridized carbons (Fsp3) is 0.286. The Hall–Kier alpha value is -3.29. The standard InChI is InChI=1S/C21H21F2N3O3/c1-12(2)26(13(3)15-9-8-14(22)10-17(15)23)19(27)11-25-20(28)16-6-4-5-7-18(16)24-21(25)29/h4-10,12-13H,11H2,1-3H3,(H,24,29). The van der Waals surface area contributed by atoms with Gasteiger partial charge < -0.3 is 9.88 Å². The molecular formula is C21H21F2N3O3. The summed E-state index contributed by atoms with van der Waals surface area (Å²) >= 11 is 0. The van der Waals surface area contributed by atoms with Gasteiger partial charge in [-0.3, -0.25) is 14.2 Å². The van der Waals surface area contributed by atoms with Gasteiger partial charge in [0.05, 0.1) is 16.9 Å². The highest BCUT2D eigenvalue weighted by atomic mass is 19.1. The van der Waals surface area contributed by atoms with Crippen LogP contribution in [0, 0.1) is 11.6 Å². The number of aromatic amines is 1. The van der Waals surface area contributed by atoms with Crippen LogP contribution in [0.2, 0.25) is 0 Å². The molecule has 1 atom stereocenters. The largest absolute Gasteiger partial charge is 0.332 e. The second kappa shape index (κ2) is 7.98. The van der Waals surface area contributed by atoms with Crippen LogP contribution in [0.25, 0.3) is 10.9 Å². The molecule has 0 saturated heterocycles. The average molecular weight is 401 g/mol. The van der Waals surface area contributed by atoms with Gasteiger partial charge >= 0.3 is 5.69 Å². The van der Waals surface area contributed by atoms with E-state index in [9.17, 15) is 23.2 Å². The molecule has 1 unspecified atom stereocenters. The Morgan fingerprint density at radius 3 is 2.45 bits per heavy atom. The van der Waals surface area contributed by atoms with E-state index in [2.05, 4.69) is 4.98 Å². The zero-order valence-corrected chi connectivity index (χ0v) is 16.3. The Morgan fingerprint density at radius 2 is 1.79 bits per heavy atom. The number of amides is 1. The summed E-state index contributed by atoms with van der Waals surface area (Å²) in [6, 6.07) is 8.60. The third-order valence-corrected chi connectivity index (χ3v) is 4.86. The lowest BCUT2D eigenvalue weighted by molar-refractivity contribution is -0.136. The van der Waals surface area contributed by atoms with Gasteiger partial charge in [-0.2, -0.15) is 0 Å². The van der Waals surface area contributed by atoms with Crippen LogP contribution in [-0.4, -0.2) is 26.4 Å². The summed E-state index contributed by atoms with van der Waals surface area (Å²) in [7, 11) is 0. The first-order chi connectivity index (χ1) is 13.7.